The molecule has 0 bridgehead atoms. The molecule has 6 heteroatoms. The number of anilines is 2. The van der Waals surface area contributed by atoms with E-state index in [2.05, 4.69) is 17.5 Å². The highest BCUT2D eigenvalue weighted by Crippen LogP contribution is 2.29. The molecule has 3 aromatic rings. The minimum absolute atomic E-state index is 0.0270. The Balaban J connectivity index is 1.28. The first-order valence-corrected chi connectivity index (χ1v) is 11.2. The Morgan fingerprint density at radius 1 is 1.00 bits per heavy atom. The van der Waals surface area contributed by atoms with Gasteiger partial charge in [0.15, 0.2) is 0 Å². The number of nitriles is 1. The van der Waals surface area contributed by atoms with Crippen molar-refractivity contribution in [1.29, 1.82) is 5.26 Å². The van der Waals surface area contributed by atoms with E-state index >= 15 is 0 Å². The van der Waals surface area contributed by atoms with Crippen molar-refractivity contribution < 1.29 is 9.59 Å². The smallest absolute Gasteiger partial charge is 0.258 e. The number of hydrogen-bond acceptors (Lipinski definition) is 4. The molecule has 4 rings (SSSR count). The first-order chi connectivity index (χ1) is 15.1. The van der Waals surface area contributed by atoms with Crippen LogP contribution in [0.15, 0.2) is 72.8 Å². The van der Waals surface area contributed by atoms with Crippen LogP contribution in [0.2, 0.25) is 0 Å². The van der Waals surface area contributed by atoms with E-state index in [0.717, 1.165) is 17.7 Å². The Kier molecular flexibility index (Phi) is 6.34. The molecule has 1 heterocycles. The Morgan fingerprint density at radius 3 is 2.48 bits per heavy atom. The van der Waals surface area contributed by atoms with Gasteiger partial charge in [-0.05, 0) is 60.0 Å². The molecule has 0 aromatic heterocycles. The van der Waals surface area contributed by atoms with Gasteiger partial charge in [0.25, 0.3) is 5.91 Å². The number of nitrogens with zero attached hydrogens (tertiary/aromatic N) is 2. The summed E-state index contributed by atoms with van der Waals surface area (Å²) in [4.78, 5) is 26.9. The molecule has 0 fully saturated rings. The largest absolute Gasteiger partial charge is 0.325 e. The van der Waals surface area contributed by atoms with Crippen molar-refractivity contribution >= 4 is 35.0 Å². The number of carbonyl (C=O) groups is 2. The molecule has 1 aliphatic rings. The van der Waals surface area contributed by atoms with Crippen LogP contribution in [0.5, 0.6) is 0 Å². The second-order valence-corrected chi connectivity index (χ2v) is 8.25. The average Bonchev–Trinajstić information content (AvgIpc) is 3.24. The molecule has 0 unspecified atom stereocenters. The monoisotopic (exact) mass is 427 g/mol. The first-order valence-electron chi connectivity index (χ1n) is 10.0. The maximum Gasteiger partial charge on any atom is 0.258 e. The molecule has 5 nitrogen and oxygen atoms in total. The van der Waals surface area contributed by atoms with Gasteiger partial charge in [0.2, 0.25) is 5.91 Å². The first kappa shape index (κ1) is 20.7. The third kappa shape index (κ3) is 4.96. The van der Waals surface area contributed by atoms with E-state index in [1.807, 2.05) is 35.2 Å². The summed E-state index contributed by atoms with van der Waals surface area (Å²) in [6.07, 6.45) is 0.871. The SMILES string of the molecule is N#Cc1ccc(CSCC(=O)Nc2ccc(C(=O)N3CCc4ccccc43)cc2)cc1. The molecule has 0 saturated carbocycles. The predicted molar refractivity (Wildman–Crippen MR) is 124 cm³/mol. The summed E-state index contributed by atoms with van der Waals surface area (Å²) >= 11 is 1.51. The van der Waals surface area contributed by atoms with E-state index in [-0.39, 0.29) is 11.8 Å². The van der Waals surface area contributed by atoms with Crippen molar-refractivity contribution in [3.8, 4) is 6.07 Å². The lowest BCUT2D eigenvalue weighted by Crippen LogP contribution is -2.28. The molecule has 154 valence electrons. The molecule has 1 aliphatic heterocycles. The number of carbonyl (C=O) groups excluding carboxylic acids is 2. The Morgan fingerprint density at radius 2 is 1.74 bits per heavy atom. The standard InChI is InChI=1S/C25H21N3O2S/c26-15-18-5-7-19(8-6-18)16-31-17-24(29)27-22-11-9-21(10-12-22)25(30)28-14-13-20-3-1-2-4-23(20)28/h1-12H,13-14,16-17H2,(H,27,29). The van der Waals surface area contributed by atoms with Gasteiger partial charge in [-0.2, -0.15) is 5.26 Å². The number of nitrogens with one attached hydrogen (secondary N) is 1. The van der Waals surface area contributed by atoms with Gasteiger partial charge < -0.3 is 10.2 Å². The zero-order chi connectivity index (χ0) is 21.6. The summed E-state index contributed by atoms with van der Waals surface area (Å²) in [6, 6.07) is 24.5. The summed E-state index contributed by atoms with van der Waals surface area (Å²) in [5.41, 5.74) is 5.14. The summed E-state index contributed by atoms with van der Waals surface area (Å²) in [5, 5.41) is 11.7. The molecule has 31 heavy (non-hydrogen) atoms. The molecular weight excluding hydrogens is 406 g/mol. The molecule has 0 aliphatic carbocycles. The molecule has 0 saturated heterocycles. The van der Waals surface area contributed by atoms with E-state index in [9.17, 15) is 9.59 Å². The van der Waals surface area contributed by atoms with Crippen molar-refractivity contribution in [1.82, 2.24) is 0 Å². The van der Waals surface area contributed by atoms with E-state index in [0.29, 0.717) is 34.9 Å². The van der Waals surface area contributed by atoms with Crippen LogP contribution in [0.25, 0.3) is 0 Å². The highest BCUT2D eigenvalue weighted by molar-refractivity contribution is 7.99. The van der Waals surface area contributed by atoms with E-state index < -0.39 is 0 Å². The van der Waals surface area contributed by atoms with Gasteiger partial charge in [-0.25, -0.2) is 0 Å². The molecule has 0 radical (unpaired) electrons. The Hall–Kier alpha value is -3.56. The van der Waals surface area contributed by atoms with Crippen molar-refractivity contribution in [2.45, 2.75) is 12.2 Å². The lowest BCUT2D eigenvalue weighted by Gasteiger charge is -2.17. The fourth-order valence-corrected chi connectivity index (χ4v) is 4.32. The number of amides is 2. The topological polar surface area (TPSA) is 73.2 Å². The van der Waals surface area contributed by atoms with Crippen LogP contribution in [0.4, 0.5) is 11.4 Å². The minimum atomic E-state index is -0.0915. The van der Waals surface area contributed by atoms with Crippen molar-refractivity contribution in [3.05, 3.63) is 95.1 Å². The fraction of sp³-hybridized carbons (Fsp3) is 0.160. The van der Waals surface area contributed by atoms with Crippen LogP contribution in [-0.4, -0.2) is 24.1 Å². The van der Waals surface area contributed by atoms with Crippen LogP contribution in [0.1, 0.15) is 27.0 Å². The van der Waals surface area contributed by atoms with Gasteiger partial charge in [0, 0.05) is 29.2 Å². The third-order valence-corrected chi connectivity index (χ3v) is 6.14. The summed E-state index contributed by atoms with van der Waals surface area (Å²) in [5.74, 6) is 0.904. The van der Waals surface area contributed by atoms with Gasteiger partial charge >= 0.3 is 0 Å². The number of benzene rings is 3. The summed E-state index contributed by atoms with van der Waals surface area (Å²) in [6.45, 7) is 0.688. The van der Waals surface area contributed by atoms with E-state index in [1.165, 1.54) is 17.3 Å². The number of fused-ring (bicyclic) bond motifs is 1. The van der Waals surface area contributed by atoms with Gasteiger partial charge in [-0.15, -0.1) is 11.8 Å². The second-order valence-electron chi connectivity index (χ2n) is 7.26. The van der Waals surface area contributed by atoms with Gasteiger partial charge in [-0.1, -0.05) is 30.3 Å². The van der Waals surface area contributed by atoms with Gasteiger partial charge in [0.1, 0.15) is 0 Å². The average molecular weight is 428 g/mol. The zero-order valence-electron chi connectivity index (χ0n) is 16.9. The zero-order valence-corrected chi connectivity index (χ0v) is 17.7. The maximum atomic E-state index is 12.9. The van der Waals surface area contributed by atoms with Crippen LogP contribution < -0.4 is 10.2 Å². The number of hydrogen-bond donors (Lipinski definition) is 1. The Labute approximate surface area is 185 Å². The second kappa shape index (κ2) is 9.50. The lowest BCUT2D eigenvalue weighted by molar-refractivity contribution is -0.113. The van der Waals surface area contributed by atoms with E-state index in [4.69, 9.17) is 5.26 Å². The molecule has 2 amide bonds. The molecule has 1 N–H and O–H groups in total. The van der Waals surface area contributed by atoms with Crippen LogP contribution >= 0.6 is 11.8 Å². The highest BCUT2D eigenvalue weighted by Gasteiger charge is 2.24. The quantitative estimate of drug-likeness (QED) is 0.622. The lowest BCUT2D eigenvalue weighted by atomic mass is 10.1. The molecule has 0 atom stereocenters. The molecule has 0 spiro atoms. The van der Waals surface area contributed by atoms with Crippen molar-refractivity contribution in [2.75, 3.05) is 22.5 Å². The summed E-state index contributed by atoms with van der Waals surface area (Å²) < 4.78 is 0. The van der Waals surface area contributed by atoms with Crippen LogP contribution in [0, 0.1) is 11.3 Å². The third-order valence-electron chi connectivity index (χ3n) is 5.13. The van der Waals surface area contributed by atoms with Gasteiger partial charge in [0.05, 0.1) is 17.4 Å². The molecule has 3 aromatic carbocycles. The maximum absolute atomic E-state index is 12.9. The van der Waals surface area contributed by atoms with Crippen molar-refractivity contribution in [2.24, 2.45) is 0 Å². The van der Waals surface area contributed by atoms with E-state index in [1.54, 1.807) is 36.4 Å². The predicted octanol–water partition coefficient (Wildman–Crippen LogP) is 4.63. The number of thioether (sulfide) groups is 1. The van der Waals surface area contributed by atoms with Crippen LogP contribution in [0.3, 0.4) is 0 Å². The number of para-hydroxylation sites is 1. The Bertz CT molecular complexity index is 1130. The minimum Gasteiger partial charge on any atom is -0.325 e. The highest BCUT2D eigenvalue weighted by atomic mass is 32.2. The number of rotatable bonds is 6. The summed E-state index contributed by atoms with van der Waals surface area (Å²) in [7, 11) is 0. The van der Waals surface area contributed by atoms with Crippen molar-refractivity contribution in [3.63, 3.8) is 0 Å². The van der Waals surface area contributed by atoms with Gasteiger partial charge in [-0.3, -0.25) is 9.59 Å². The normalized spacial score (nSPS) is 12.2. The fourth-order valence-electron chi connectivity index (χ4n) is 3.54. The molecular formula is C25H21N3O2S. The van der Waals surface area contributed by atoms with Crippen LogP contribution in [-0.2, 0) is 17.0 Å².